The summed E-state index contributed by atoms with van der Waals surface area (Å²) in [6, 6.07) is 7.12. The molecule has 2 aromatic heterocycles. The predicted molar refractivity (Wildman–Crippen MR) is 87.5 cm³/mol. The summed E-state index contributed by atoms with van der Waals surface area (Å²) in [5.41, 5.74) is 2.87. The van der Waals surface area contributed by atoms with E-state index >= 15 is 0 Å². The highest BCUT2D eigenvalue weighted by Gasteiger charge is 2.11. The van der Waals surface area contributed by atoms with Gasteiger partial charge in [0.2, 0.25) is 0 Å². The molecule has 0 unspecified atom stereocenters. The number of carbonyl (C=O) groups is 1. The number of aromatic amines is 1. The van der Waals surface area contributed by atoms with Gasteiger partial charge >= 0.3 is 5.97 Å². The molecule has 5 nitrogen and oxygen atoms in total. The number of halogens is 1. The van der Waals surface area contributed by atoms with Crippen molar-refractivity contribution in [3.05, 3.63) is 59.4 Å². The summed E-state index contributed by atoms with van der Waals surface area (Å²) in [4.78, 5) is 23.7. The molecule has 22 heavy (non-hydrogen) atoms. The van der Waals surface area contributed by atoms with E-state index in [1.807, 2.05) is 6.07 Å². The Labute approximate surface area is 135 Å². The molecule has 0 saturated carbocycles. The van der Waals surface area contributed by atoms with Gasteiger partial charge in [-0.1, -0.05) is 12.7 Å². The first kappa shape index (κ1) is 14.5. The lowest BCUT2D eigenvalue weighted by Gasteiger charge is -2.01. The number of ether oxygens (including phenoxy) is 1. The molecule has 1 aromatic carbocycles. The first-order valence-corrected chi connectivity index (χ1v) is 7.35. The maximum atomic E-state index is 11.8. The van der Waals surface area contributed by atoms with Crippen molar-refractivity contribution in [1.29, 1.82) is 0 Å². The topological polar surface area (TPSA) is 67.9 Å². The second kappa shape index (κ2) is 6.11. The zero-order valence-corrected chi connectivity index (χ0v) is 13.1. The molecule has 0 radical (unpaired) electrons. The second-order valence-corrected chi connectivity index (χ2v) is 5.51. The van der Waals surface area contributed by atoms with Crippen LogP contribution in [0.1, 0.15) is 10.4 Å². The van der Waals surface area contributed by atoms with Crippen molar-refractivity contribution in [3.8, 4) is 11.4 Å². The van der Waals surface area contributed by atoms with Gasteiger partial charge in [-0.25, -0.2) is 9.78 Å². The summed E-state index contributed by atoms with van der Waals surface area (Å²) in [5.74, 6) is 0.308. The Morgan fingerprint density at radius 1 is 1.36 bits per heavy atom. The van der Waals surface area contributed by atoms with Crippen LogP contribution in [0.15, 0.2) is 53.8 Å². The summed E-state index contributed by atoms with van der Waals surface area (Å²) in [6.07, 6.45) is 4.96. The molecule has 0 fully saturated rings. The molecular weight excluding hydrogens is 346 g/mol. The van der Waals surface area contributed by atoms with E-state index in [0.29, 0.717) is 11.4 Å². The molecule has 1 N–H and O–H groups in total. The van der Waals surface area contributed by atoms with Crippen LogP contribution in [0.3, 0.4) is 0 Å². The van der Waals surface area contributed by atoms with Gasteiger partial charge < -0.3 is 9.72 Å². The third-order valence-electron chi connectivity index (χ3n) is 3.03. The first-order valence-electron chi connectivity index (χ1n) is 6.56. The highest BCUT2D eigenvalue weighted by atomic mass is 79.9. The number of H-pyrrole nitrogens is 1. The van der Waals surface area contributed by atoms with Crippen LogP contribution in [-0.4, -0.2) is 27.5 Å². The lowest BCUT2D eigenvalue weighted by molar-refractivity contribution is 0.0550. The monoisotopic (exact) mass is 357 g/mol. The van der Waals surface area contributed by atoms with E-state index in [1.54, 1.807) is 30.6 Å². The maximum absolute atomic E-state index is 11.8. The quantitative estimate of drug-likeness (QED) is 0.570. The molecule has 0 aliphatic heterocycles. The highest BCUT2D eigenvalue weighted by molar-refractivity contribution is 9.10. The van der Waals surface area contributed by atoms with E-state index in [0.717, 1.165) is 21.1 Å². The molecule has 0 bridgehead atoms. The molecule has 110 valence electrons. The molecule has 0 spiro atoms. The number of carbonyl (C=O) groups excluding carboxylic acids is 1. The van der Waals surface area contributed by atoms with Crippen molar-refractivity contribution in [2.75, 3.05) is 6.61 Å². The Morgan fingerprint density at radius 3 is 3.00 bits per heavy atom. The number of nitrogens with one attached hydrogen (secondary N) is 1. The first-order chi connectivity index (χ1) is 10.7. The minimum atomic E-state index is -0.387. The van der Waals surface area contributed by atoms with Gasteiger partial charge in [0, 0.05) is 22.4 Å². The standard InChI is InChI=1S/C16H12BrN3O2/c1-2-5-22-16(21)10-3-4-13-14(7-10)20-15(19-13)11-6-12(17)9-18-8-11/h2-4,6-9H,1,5H2,(H,19,20). The Bertz CT molecular complexity index is 857. The van der Waals surface area contributed by atoms with Crippen LogP contribution in [0.5, 0.6) is 0 Å². The lowest BCUT2D eigenvalue weighted by atomic mass is 10.2. The summed E-state index contributed by atoms with van der Waals surface area (Å²) in [7, 11) is 0. The van der Waals surface area contributed by atoms with Crippen LogP contribution in [-0.2, 0) is 4.74 Å². The van der Waals surface area contributed by atoms with Gasteiger partial charge in [0.25, 0.3) is 0 Å². The smallest absolute Gasteiger partial charge is 0.338 e. The predicted octanol–water partition coefficient (Wildman–Crippen LogP) is 3.73. The Hall–Kier alpha value is -2.47. The molecule has 0 aliphatic rings. The summed E-state index contributed by atoms with van der Waals surface area (Å²) < 4.78 is 5.90. The van der Waals surface area contributed by atoms with Gasteiger partial charge in [-0.3, -0.25) is 4.98 Å². The molecule has 0 saturated heterocycles. The number of hydrogen-bond acceptors (Lipinski definition) is 4. The minimum Gasteiger partial charge on any atom is -0.458 e. The van der Waals surface area contributed by atoms with E-state index in [1.165, 1.54) is 6.08 Å². The Balaban J connectivity index is 1.96. The number of pyridine rings is 1. The van der Waals surface area contributed by atoms with Crippen LogP contribution < -0.4 is 0 Å². The zero-order chi connectivity index (χ0) is 15.5. The molecule has 3 aromatic rings. The number of fused-ring (bicyclic) bond motifs is 1. The molecule has 0 atom stereocenters. The molecule has 0 amide bonds. The van der Waals surface area contributed by atoms with Crippen molar-refractivity contribution in [1.82, 2.24) is 15.0 Å². The summed E-state index contributed by atoms with van der Waals surface area (Å²) in [6.45, 7) is 3.71. The van der Waals surface area contributed by atoms with Crippen molar-refractivity contribution >= 4 is 32.9 Å². The van der Waals surface area contributed by atoms with Gasteiger partial charge in [-0.05, 0) is 40.2 Å². The van der Waals surface area contributed by atoms with E-state index < -0.39 is 0 Å². The number of rotatable bonds is 4. The Kier molecular flexibility index (Phi) is 4.02. The van der Waals surface area contributed by atoms with E-state index in [2.05, 4.69) is 37.5 Å². The van der Waals surface area contributed by atoms with Crippen LogP contribution in [0.25, 0.3) is 22.4 Å². The number of esters is 1. The third kappa shape index (κ3) is 2.92. The SMILES string of the molecule is C=CCOC(=O)c1ccc2nc(-c3cncc(Br)c3)[nH]c2c1. The zero-order valence-electron chi connectivity index (χ0n) is 11.5. The molecule has 3 rings (SSSR count). The van der Waals surface area contributed by atoms with Gasteiger partial charge in [0.15, 0.2) is 0 Å². The number of hydrogen-bond donors (Lipinski definition) is 1. The molecular formula is C16H12BrN3O2. The largest absolute Gasteiger partial charge is 0.458 e. The van der Waals surface area contributed by atoms with Gasteiger partial charge in [0.1, 0.15) is 12.4 Å². The van der Waals surface area contributed by atoms with Crippen molar-refractivity contribution in [3.63, 3.8) is 0 Å². The van der Waals surface area contributed by atoms with Gasteiger partial charge in [0.05, 0.1) is 16.6 Å². The van der Waals surface area contributed by atoms with Crippen LogP contribution >= 0.6 is 15.9 Å². The molecule has 6 heteroatoms. The van der Waals surface area contributed by atoms with E-state index in [9.17, 15) is 4.79 Å². The number of imidazole rings is 1. The average Bonchev–Trinajstić information content (AvgIpc) is 2.95. The van der Waals surface area contributed by atoms with Gasteiger partial charge in [-0.2, -0.15) is 0 Å². The fraction of sp³-hybridized carbons (Fsp3) is 0.0625. The Morgan fingerprint density at radius 2 is 2.23 bits per heavy atom. The summed E-state index contributed by atoms with van der Waals surface area (Å²) in [5, 5.41) is 0. The van der Waals surface area contributed by atoms with Crippen molar-refractivity contribution < 1.29 is 9.53 Å². The molecule has 2 heterocycles. The van der Waals surface area contributed by atoms with Crippen LogP contribution in [0, 0.1) is 0 Å². The maximum Gasteiger partial charge on any atom is 0.338 e. The number of nitrogens with zero attached hydrogens (tertiary/aromatic N) is 2. The highest BCUT2D eigenvalue weighted by Crippen LogP contribution is 2.23. The normalized spacial score (nSPS) is 10.6. The number of aromatic nitrogens is 3. The van der Waals surface area contributed by atoms with E-state index in [4.69, 9.17) is 4.74 Å². The van der Waals surface area contributed by atoms with Crippen LogP contribution in [0.4, 0.5) is 0 Å². The van der Waals surface area contributed by atoms with E-state index in [-0.39, 0.29) is 12.6 Å². The minimum absolute atomic E-state index is 0.189. The third-order valence-corrected chi connectivity index (χ3v) is 3.46. The van der Waals surface area contributed by atoms with Crippen molar-refractivity contribution in [2.24, 2.45) is 0 Å². The second-order valence-electron chi connectivity index (χ2n) is 4.60. The number of benzene rings is 1. The fourth-order valence-electron chi connectivity index (χ4n) is 2.03. The average molecular weight is 358 g/mol. The van der Waals surface area contributed by atoms with Crippen molar-refractivity contribution in [2.45, 2.75) is 0 Å². The lowest BCUT2D eigenvalue weighted by Crippen LogP contribution is -2.04. The molecule has 0 aliphatic carbocycles. The fourth-order valence-corrected chi connectivity index (χ4v) is 2.40. The summed E-state index contributed by atoms with van der Waals surface area (Å²) >= 11 is 3.38. The van der Waals surface area contributed by atoms with Crippen LogP contribution in [0.2, 0.25) is 0 Å². The van der Waals surface area contributed by atoms with Gasteiger partial charge in [-0.15, -0.1) is 0 Å².